The van der Waals surface area contributed by atoms with E-state index in [1.807, 2.05) is 18.3 Å². The largest absolute Gasteiger partial charge is 0.481 e. The van der Waals surface area contributed by atoms with Crippen LogP contribution in [0.2, 0.25) is 0 Å². The summed E-state index contributed by atoms with van der Waals surface area (Å²) >= 11 is 1.83. The van der Waals surface area contributed by atoms with Gasteiger partial charge in [-0.05, 0) is 42.5 Å². The van der Waals surface area contributed by atoms with Gasteiger partial charge in [0.05, 0.1) is 0 Å². The van der Waals surface area contributed by atoms with Gasteiger partial charge in [0.15, 0.2) is 0 Å². The average molecular weight is 298 g/mol. The summed E-state index contributed by atoms with van der Waals surface area (Å²) < 4.78 is 2.64. The monoisotopic (exact) mass is 298 g/mol. The predicted molar refractivity (Wildman–Crippen MR) is 89.1 cm³/mol. The number of hydrogen-bond donors (Lipinski definition) is 1. The van der Waals surface area contributed by atoms with E-state index in [0.29, 0.717) is 0 Å². The third kappa shape index (κ3) is 3.08. The zero-order chi connectivity index (χ0) is 14.8. The molecule has 0 aliphatic rings. The zero-order valence-electron chi connectivity index (χ0n) is 12.0. The molecule has 3 rings (SSSR count). The maximum absolute atomic E-state index is 10.7. The van der Waals surface area contributed by atoms with Crippen LogP contribution in [-0.4, -0.2) is 11.1 Å². The lowest BCUT2D eigenvalue weighted by Crippen LogP contribution is -2.05. The van der Waals surface area contributed by atoms with E-state index >= 15 is 0 Å². The zero-order valence-corrected chi connectivity index (χ0v) is 12.8. The third-order valence-corrected chi connectivity index (χ3v) is 5.04. The summed E-state index contributed by atoms with van der Waals surface area (Å²) in [5.41, 5.74) is 1.29. The van der Waals surface area contributed by atoms with Crippen molar-refractivity contribution in [2.24, 2.45) is 5.92 Å². The lowest BCUT2D eigenvalue weighted by Gasteiger charge is -2.08. The van der Waals surface area contributed by atoms with Gasteiger partial charge in [-0.2, -0.15) is 0 Å². The molecule has 0 bridgehead atoms. The van der Waals surface area contributed by atoms with Crippen molar-refractivity contribution < 1.29 is 9.90 Å². The van der Waals surface area contributed by atoms with E-state index in [-0.39, 0.29) is 12.3 Å². The molecule has 21 heavy (non-hydrogen) atoms. The molecule has 1 aromatic heterocycles. The fraction of sp³-hybridized carbons (Fsp3) is 0.278. The van der Waals surface area contributed by atoms with Crippen LogP contribution in [0.3, 0.4) is 0 Å². The van der Waals surface area contributed by atoms with Crippen LogP contribution < -0.4 is 0 Å². The lowest BCUT2D eigenvalue weighted by molar-refractivity contribution is -0.138. The summed E-state index contributed by atoms with van der Waals surface area (Å²) in [6.07, 6.45) is 2.11. The number of carboxylic acids is 1. The summed E-state index contributed by atoms with van der Waals surface area (Å²) in [6.45, 7) is 2.01. The van der Waals surface area contributed by atoms with Crippen LogP contribution in [0.15, 0.2) is 42.5 Å². The quantitative estimate of drug-likeness (QED) is 0.711. The molecule has 0 fully saturated rings. The van der Waals surface area contributed by atoms with E-state index < -0.39 is 5.97 Å². The Morgan fingerprint density at radius 3 is 2.71 bits per heavy atom. The molecule has 108 valence electrons. The summed E-state index contributed by atoms with van der Waals surface area (Å²) in [6, 6.07) is 15.1. The number of rotatable bonds is 5. The van der Waals surface area contributed by atoms with Crippen molar-refractivity contribution >= 4 is 37.5 Å². The number of aliphatic carboxylic acids is 1. The molecule has 2 aromatic carbocycles. The standard InChI is InChI=1S/C18H18O2S/c1-12(10-18(19)20)6-7-13-8-9-17-15(11-13)14-4-2-3-5-16(14)21-17/h2-5,8-9,11-12H,6-7,10H2,1H3,(H,19,20)/t12-/m0/s1. The molecule has 0 aliphatic heterocycles. The molecule has 0 saturated carbocycles. The fourth-order valence-electron chi connectivity index (χ4n) is 2.74. The van der Waals surface area contributed by atoms with Crippen LogP contribution in [0.1, 0.15) is 25.3 Å². The van der Waals surface area contributed by atoms with E-state index in [9.17, 15) is 4.79 Å². The van der Waals surface area contributed by atoms with Gasteiger partial charge in [-0.1, -0.05) is 31.2 Å². The van der Waals surface area contributed by atoms with Crippen LogP contribution in [0.25, 0.3) is 20.2 Å². The van der Waals surface area contributed by atoms with E-state index in [2.05, 4.69) is 42.5 Å². The molecule has 0 radical (unpaired) electrons. The number of thiophene rings is 1. The minimum atomic E-state index is -0.707. The van der Waals surface area contributed by atoms with Crippen molar-refractivity contribution in [3.63, 3.8) is 0 Å². The fourth-order valence-corrected chi connectivity index (χ4v) is 3.83. The molecule has 1 atom stereocenters. The van der Waals surface area contributed by atoms with Crippen LogP contribution >= 0.6 is 11.3 Å². The van der Waals surface area contributed by atoms with Crippen molar-refractivity contribution in [1.82, 2.24) is 0 Å². The first-order chi connectivity index (χ1) is 10.1. The Bertz CT molecular complexity index is 788. The van der Waals surface area contributed by atoms with Crippen molar-refractivity contribution in [3.05, 3.63) is 48.0 Å². The second kappa shape index (κ2) is 5.86. The van der Waals surface area contributed by atoms with E-state index in [0.717, 1.165) is 12.8 Å². The topological polar surface area (TPSA) is 37.3 Å². The Balaban J connectivity index is 1.83. The molecule has 0 aliphatic carbocycles. The SMILES string of the molecule is C[C@@H](CCc1ccc2sc3ccccc3c2c1)CC(=O)O. The molecule has 1 heterocycles. The van der Waals surface area contributed by atoms with Crippen molar-refractivity contribution in [2.45, 2.75) is 26.2 Å². The molecule has 0 saturated heterocycles. The minimum absolute atomic E-state index is 0.220. The van der Waals surface area contributed by atoms with Gasteiger partial charge in [-0.25, -0.2) is 0 Å². The highest BCUT2D eigenvalue weighted by Gasteiger charge is 2.09. The van der Waals surface area contributed by atoms with Gasteiger partial charge < -0.3 is 5.11 Å². The Morgan fingerprint density at radius 2 is 1.90 bits per heavy atom. The Kier molecular flexibility index (Phi) is 3.93. The number of fused-ring (bicyclic) bond motifs is 3. The second-order valence-corrected chi connectivity index (χ2v) is 6.75. The number of hydrogen-bond acceptors (Lipinski definition) is 2. The highest BCUT2D eigenvalue weighted by atomic mass is 32.1. The second-order valence-electron chi connectivity index (χ2n) is 5.67. The van der Waals surface area contributed by atoms with Crippen LogP contribution in [0, 0.1) is 5.92 Å². The molecule has 2 nitrogen and oxygen atoms in total. The molecule has 0 unspecified atom stereocenters. The molecule has 0 amide bonds. The molecular weight excluding hydrogens is 280 g/mol. The number of carbonyl (C=O) groups is 1. The van der Waals surface area contributed by atoms with Gasteiger partial charge in [0.2, 0.25) is 0 Å². The van der Waals surface area contributed by atoms with E-state index in [1.165, 1.54) is 25.7 Å². The summed E-state index contributed by atoms with van der Waals surface area (Å²) in [4.78, 5) is 10.7. The van der Waals surface area contributed by atoms with Crippen molar-refractivity contribution in [3.8, 4) is 0 Å². The number of benzene rings is 2. The highest BCUT2D eigenvalue weighted by molar-refractivity contribution is 7.25. The smallest absolute Gasteiger partial charge is 0.303 e. The summed E-state index contributed by atoms with van der Waals surface area (Å²) in [5, 5.41) is 11.5. The molecule has 1 N–H and O–H groups in total. The van der Waals surface area contributed by atoms with Crippen molar-refractivity contribution in [2.75, 3.05) is 0 Å². The predicted octanol–water partition coefficient (Wildman–Crippen LogP) is 5.10. The van der Waals surface area contributed by atoms with Gasteiger partial charge >= 0.3 is 5.97 Å². The maximum atomic E-state index is 10.7. The van der Waals surface area contributed by atoms with Gasteiger partial charge in [-0.3, -0.25) is 4.79 Å². The first-order valence-corrected chi connectivity index (χ1v) is 8.07. The first-order valence-electron chi connectivity index (χ1n) is 7.25. The molecule has 0 spiro atoms. The highest BCUT2D eigenvalue weighted by Crippen LogP contribution is 2.34. The molecular formula is C18H18O2S. The molecule has 3 aromatic rings. The normalized spacial score (nSPS) is 12.8. The lowest BCUT2D eigenvalue weighted by atomic mass is 9.97. The first kappa shape index (κ1) is 14.1. The minimum Gasteiger partial charge on any atom is -0.481 e. The Labute approximate surface area is 128 Å². The van der Waals surface area contributed by atoms with Crippen LogP contribution in [0.4, 0.5) is 0 Å². The Hall–Kier alpha value is -1.87. The van der Waals surface area contributed by atoms with Crippen molar-refractivity contribution in [1.29, 1.82) is 0 Å². The number of carboxylic acid groups (broad SMARTS) is 1. The summed E-state index contributed by atoms with van der Waals surface area (Å²) in [7, 11) is 0. The number of aryl methyl sites for hydroxylation is 1. The van der Waals surface area contributed by atoms with Gasteiger partial charge in [-0.15, -0.1) is 11.3 Å². The third-order valence-electron chi connectivity index (χ3n) is 3.89. The molecule has 3 heteroatoms. The van der Waals surface area contributed by atoms with E-state index in [1.54, 1.807) is 0 Å². The van der Waals surface area contributed by atoms with Gasteiger partial charge in [0.25, 0.3) is 0 Å². The van der Waals surface area contributed by atoms with Gasteiger partial charge in [0, 0.05) is 26.6 Å². The summed E-state index contributed by atoms with van der Waals surface area (Å²) in [5.74, 6) is -0.487. The van der Waals surface area contributed by atoms with Crippen LogP contribution in [0.5, 0.6) is 0 Å². The Morgan fingerprint density at radius 1 is 1.14 bits per heavy atom. The average Bonchev–Trinajstić information content (AvgIpc) is 2.82. The van der Waals surface area contributed by atoms with Crippen LogP contribution in [-0.2, 0) is 11.2 Å². The van der Waals surface area contributed by atoms with Gasteiger partial charge in [0.1, 0.15) is 0 Å². The van der Waals surface area contributed by atoms with E-state index in [4.69, 9.17) is 5.11 Å². The maximum Gasteiger partial charge on any atom is 0.303 e.